The van der Waals surface area contributed by atoms with Gasteiger partial charge in [-0.1, -0.05) is 12.1 Å². The first-order chi connectivity index (χ1) is 8.76. The van der Waals surface area contributed by atoms with E-state index in [1.807, 2.05) is 26.0 Å². The lowest BCUT2D eigenvalue weighted by molar-refractivity contribution is -0.167. The van der Waals surface area contributed by atoms with Crippen molar-refractivity contribution in [3.8, 4) is 5.75 Å². The number of phenolic OH excluding ortho intramolecular Hbond substituents is 1. The average Bonchev–Trinajstić information content (AvgIpc) is 2.37. The van der Waals surface area contributed by atoms with Gasteiger partial charge >= 0.3 is 0 Å². The van der Waals surface area contributed by atoms with Crippen molar-refractivity contribution in [1.82, 2.24) is 0 Å². The molecule has 1 aromatic rings. The van der Waals surface area contributed by atoms with Gasteiger partial charge < -0.3 is 19.3 Å². The van der Waals surface area contributed by atoms with E-state index in [4.69, 9.17) is 19.3 Å². The largest absolute Gasteiger partial charge is 0.508 e. The second-order valence-electron chi connectivity index (χ2n) is 3.83. The van der Waals surface area contributed by atoms with E-state index >= 15 is 0 Å². The average molecular weight is 254 g/mol. The van der Waals surface area contributed by atoms with Crippen molar-refractivity contribution in [2.24, 2.45) is 0 Å². The Morgan fingerprint density at radius 2 is 1.67 bits per heavy atom. The van der Waals surface area contributed by atoms with Gasteiger partial charge in [-0.2, -0.15) is 0 Å². The molecule has 1 aromatic carbocycles. The summed E-state index contributed by atoms with van der Waals surface area (Å²) in [6.45, 7) is 6.16. The van der Waals surface area contributed by atoms with Gasteiger partial charge in [0.2, 0.25) is 0 Å². The summed E-state index contributed by atoms with van der Waals surface area (Å²) >= 11 is 0. The molecule has 0 bridgehead atoms. The van der Waals surface area contributed by atoms with E-state index in [1.54, 1.807) is 12.1 Å². The number of hydrogen-bond acceptors (Lipinski definition) is 4. The summed E-state index contributed by atoms with van der Waals surface area (Å²) in [5.74, 6) is 0.285. The van der Waals surface area contributed by atoms with E-state index in [0.717, 1.165) is 12.0 Å². The molecule has 4 heteroatoms. The number of hydrogen-bond donors (Lipinski definition) is 1. The van der Waals surface area contributed by atoms with E-state index in [2.05, 4.69) is 0 Å². The Morgan fingerprint density at radius 1 is 1.06 bits per heavy atom. The first-order valence-corrected chi connectivity index (χ1v) is 6.35. The summed E-state index contributed by atoms with van der Waals surface area (Å²) in [7, 11) is 0. The molecule has 102 valence electrons. The highest BCUT2D eigenvalue weighted by Gasteiger charge is 2.07. The SMILES string of the molecule is CCOC(COCCc1ccc(O)cc1)OCC. The second-order valence-corrected chi connectivity index (χ2v) is 3.83. The monoisotopic (exact) mass is 254 g/mol. The van der Waals surface area contributed by atoms with Crippen LogP contribution in [-0.2, 0) is 20.6 Å². The Balaban J connectivity index is 2.18. The lowest BCUT2D eigenvalue weighted by atomic mass is 10.1. The van der Waals surface area contributed by atoms with Crippen LogP contribution >= 0.6 is 0 Å². The zero-order valence-corrected chi connectivity index (χ0v) is 11.1. The number of rotatable bonds is 9. The van der Waals surface area contributed by atoms with Crippen LogP contribution in [0.25, 0.3) is 0 Å². The zero-order valence-electron chi connectivity index (χ0n) is 11.1. The van der Waals surface area contributed by atoms with Crippen LogP contribution in [0.3, 0.4) is 0 Å². The van der Waals surface area contributed by atoms with E-state index in [1.165, 1.54) is 0 Å². The van der Waals surface area contributed by atoms with Gasteiger partial charge in [-0.25, -0.2) is 0 Å². The van der Waals surface area contributed by atoms with Crippen LogP contribution in [0.1, 0.15) is 19.4 Å². The fourth-order valence-electron chi connectivity index (χ4n) is 1.55. The fourth-order valence-corrected chi connectivity index (χ4v) is 1.55. The minimum Gasteiger partial charge on any atom is -0.508 e. The molecule has 0 heterocycles. The molecular weight excluding hydrogens is 232 g/mol. The molecule has 1 N–H and O–H groups in total. The van der Waals surface area contributed by atoms with Crippen LogP contribution in [0.2, 0.25) is 0 Å². The Hall–Kier alpha value is -1.10. The van der Waals surface area contributed by atoms with Crippen molar-refractivity contribution in [2.45, 2.75) is 26.6 Å². The van der Waals surface area contributed by atoms with Gasteiger partial charge in [-0.15, -0.1) is 0 Å². The Labute approximate surface area is 108 Å². The molecule has 0 aliphatic heterocycles. The minimum atomic E-state index is -0.278. The van der Waals surface area contributed by atoms with Crippen molar-refractivity contribution in [1.29, 1.82) is 0 Å². The quantitative estimate of drug-likeness (QED) is 0.543. The van der Waals surface area contributed by atoms with Gasteiger partial charge in [0.1, 0.15) is 5.75 Å². The number of ether oxygens (including phenoxy) is 3. The maximum Gasteiger partial charge on any atom is 0.180 e. The summed E-state index contributed by atoms with van der Waals surface area (Å²) in [6.07, 6.45) is 0.533. The van der Waals surface area contributed by atoms with Crippen LogP contribution in [0.15, 0.2) is 24.3 Å². The van der Waals surface area contributed by atoms with Gasteiger partial charge in [-0.05, 0) is 38.0 Å². The lowest BCUT2D eigenvalue weighted by Gasteiger charge is -2.16. The molecule has 18 heavy (non-hydrogen) atoms. The number of benzene rings is 1. The molecule has 0 amide bonds. The summed E-state index contributed by atoms with van der Waals surface area (Å²) in [6, 6.07) is 7.14. The van der Waals surface area contributed by atoms with E-state index in [9.17, 15) is 0 Å². The maximum absolute atomic E-state index is 9.15. The first-order valence-electron chi connectivity index (χ1n) is 6.35. The van der Waals surface area contributed by atoms with Crippen molar-refractivity contribution in [3.05, 3.63) is 29.8 Å². The normalized spacial score (nSPS) is 11.1. The van der Waals surface area contributed by atoms with Crippen LogP contribution in [0.4, 0.5) is 0 Å². The molecule has 0 fully saturated rings. The van der Waals surface area contributed by atoms with Gasteiger partial charge in [-0.3, -0.25) is 0 Å². The highest BCUT2D eigenvalue weighted by atomic mass is 16.7. The van der Waals surface area contributed by atoms with Crippen LogP contribution in [0, 0.1) is 0 Å². The second kappa shape index (κ2) is 8.91. The van der Waals surface area contributed by atoms with Gasteiger partial charge in [0.25, 0.3) is 0 Å². The Kier molecular flexibility index (Phi) is 7.41. The van der Waals surface area contributed by atoms with Crippen molar-refractivity contribution >= 4 is 0 Å². The van der Waals surface area contributed by atoms with Crippen molar-refractivity contribution < 1.29 is 19.3 Å². The molecule has 0 radical (unpaired) electrons. The van der Waals surface area contributed by atoms with Crippen molar-refractivity contribution in [2.75, 3.05) is 26.4 Å². The van der Waals surface area contributed by atoms with E-state index in [-0.39, 0.29) is 12.0 Å². The summed E-state index contributed by atoms with van der Waals surface area (Å²) < 4.78 is 16.3. The highest BCUT2D eigenvalue weighted by Crippen LogP contribution is 2.10. The van der Waals surface area contributed by atoms with E-state index < -0.39 is 0 Å². The molecule has 0 aliphatic carbocycles. The van der Waals surface area contributed by atoms with Crippen molar-refractivity contribution in [3.63, 3.8) is 0 Å². The number of phenols is 1. The zero-order chi connectivity index (χ0) is 13.2. The maximum atomic E-state index is 9.15. The van der Waals surface area contributed by atoms with E-state index in [0.29, 0.717) is 26.4 Å². The summed E-state index contributed by atoms with van der Waals surface area (Å²) in [5.41, 5.74) is 1.14. The molecular formula is C14H22O4. The Morgan fingerprint density at radius 3 is 2.22 bits per heavy atom. The van der Waals surface area contributed by atoms with Gasteiger partial charge in [0, 0.05) is 13.2 Å². The molecule has 0 saturated heterocycles. The minimum absolute atomic E-state index is 0.278. The van der Waals surface area contributed by atoms with Crippen LogP contribution in [0.5, 0.6) is 5.75 Å². The molecule has 0 atom stereocenters. The molecule has 0 spiro atoms. The molecule has 1 rings (SSSR count). The van der Waals surface area contributed by atoms with Crippen LogP contribution in [-0.4, -0.2) is 37.8 Å². The first kappa shape index (κ1) is 15.0. The smallest absolute Gasteiger partial charge is 0.180 e. The lowest BCUT2D eigenvalue weighted by Crippen LogP contribution is -2.24. The molecule has 4 nitrogen and oxygen atoms in total. The predicted molar refractivity (Wildman–Crippen MR) is 69.7 cm³/mol. The number of aromatic hydroxyl groups is 1. The van der Waals surface area contributed by atoms with Gasteiger partial charge in [0.05, 0.1) is 13.2 Å². The Bertz CT molecular complexity index is 304. The standard InChI is InChI=1S/C14H22O4/c1-3-17-14(18-4-2)11-16-10-9-12-5-7-13(15)8-6-12/h5-8,14-15H,3-4,9-11H2,1-2H3. The third-order valence-electron chi connectivity index (χ3n) is 2.43. The predicted octanol–water partition coefficient (Wildman–Crippen LogP) is 2.35. The molecule has 0 saturated carbocycles. The summed E-state index contributed by atoms with van der Waals surface area (Å²) in [4.78, 5) is 0. The molecule has 0 unspecified atom stereocenters. The van der Waals surface area contributed by atoms with Gasteiger partial charge in [0.15, 0.2) is 6.29 Å². The molecule has 0 aliphatic rings. The fraction of sp³-hybridized carbons (Fsp3) is 0.571. The highest BCUT2D eigenvalue weighted by molar-refractivity contribution is 5.25. The van der Waals surface area contributed by atoms with Crippen LogP contribution < -0.4 is 0 Å². The summed E-state index contributed by atoms with van der Waals surface area (Å²) in [5, 5.41) is 9.15. The molecule has 0 aromatic heterocycles. The third-order valence-corrected chi connectivity index (χ3v) is 2.43. The topological polar surface area (TPSA) is 47.9 Å². The third kappa shape index (κ3) is 6.00.